The predicted molar refractivity (Wildman–Crippen MR) is 153 cm³/mol. The third kappa shape index (κ3) is 7.99. The van der Waals surface area contributed by atoms with Gasteiger partial charge in [-0.1, -0.05) is 24.3 Å². The molecule has 2 aromatic carbocycles. The van der Waals surface area contributed by atoms with Gasteiger partial charge in [0, 0.05) is 17.7 Å². The van der Waals surface area contributed by atoms with Gasteiger partial charge in [-0.15, -0.1) is 0 Å². The van der Waals surface area contributed by atoms with Gasteiger partial charge in [0.15, 0.2) is 22.9 Å². The molecular weight excluding hydrogens is 548 g/mol. The normalized spacial score (nSPS) is 13.2. The van der Waals surface area contributed by atoms with Crippen molar-refractivity contribution in [2.75, 3.05) is 0 Å². The maximum absolute atomic E-state index is 13.1. The summed E-state index contributed by atoms with van der Waals surface area (Å²) in [5.74, 6) is -2.18. The molecule has 2 atom stereocenters. The summed E-state index contributed by atoms with van der Waals surface area (Å²) in [4.78, 5) is 62.7. The van der Waals surface area contributed by atoms with Crippen LogP contribution in [0.2, 0.25) is 0 Å². The van der Waals surface area contributed by atoms with E-state index in [1.54, 1.807) is 65.8 Å². The number of hydrogen-bond donors (Lipinski definition) is 2. The molecule has 0 radical (unpaired) electrons. The van der Waals surface area contributed by atoms with Crippen LogP contribution in [-0.4, -0.2) is 53.2 Å². The highest BCUT2D eigenvalue weighted by Gasteiger charge is 2.29. The zero-order valence-corrected chi connectivity index (χ0v) is 25.1. The van der Waals surface area contributed by atoms with E-state index in [-0.39, 0.29) is 28.2 Å². The van der Waals surface area contributed by atoms with E-state index < -0.39 is 53.2 Å². The maximum atomic E-state index is 13.1. The largest absolute Gasteiger partial charge is 0.449 e. The summed E-state index contributed by atoms with van der Waals surface area (Å²) in [6.45, 7) is 14.3. The molecule has 0 fully saturated rings. The molecule has 0 bridgehead atoms. The second-order valence-electron chi connectivity index (χ2n) is 11.7. The molecule has 0 saturated carbocycles. The molecule has 0 aliphatic heterocycles. The average molecular weight is 585 g/mol. The fourth-order valence-corrected chi connectivity index (χ4v) is 3.72. The molecule has 2 N–H and O–H groups in total. The highest BCUT2D eigenvalue weighted by atomic mass is 16.6. The van der Waals surface area contributed by atoms with Gasteiger partial charge in [0.25, 0.3) is 0 Å². The topological polar surface area (TPSA) is 159 Å². The van der Waals surface area contributed by atoms with Gasteiger partial charge in [-0.2, -0.15) is 0 Å². The SMILES string of the molecule is CC(=O)c1cc2c(OC(=O)[C@H](C)NC(=O)OC(C)(C)C)c3ccccc3c(OC(=O)[C@H](C)NC(=O)OC(C)(C)C)c2o1. The molecule has 3 aromatic rings. The number of ketones is 1. The second-order valence-corrected chi connectivity index (χ2v) is 11.7. The number of Topliss-reactive ketones (excluding diaryl/α,β-unsaturated/α-hetero) is 1. The van der Waals surface area contributed by atoms with E-state index >= 15 is 0 Å². The molecule has 1 heterocycles. The van der Waals surface area contributed by atoms with Crippen molar-refractivity contribution in [1.29, 1.82) is 0 Å². The average Bonchev–Trinajstić information content (AvgIpc) is 3.29. The van der Waals surface area contributed by atoms with Crippen LogP contribution < -0.4 is 20.1 Å². The fraction of sp³-hybridized carbons (Fsp3) is 0.433. The first-order chi connectivity index (χ1) is 19.4. The number of esters is 2. The first-order valence-corrected chi connectivity index (χ1v) is 13.3. The summed E-state index contributed by atoms with van der Waals surface area (Å²) in [6, 6.07) is 5.73. The molecule has 2 amide bonds. The van der Waals surface area contributed by atoms with Crippen molar-refractivity contribution in [3.63, 3.8) is 0 Å². The molecule has 3 rings (SSSR count). The van der Waals surface area contributed by atoms with Crippen LogP contribution in [-0.2, 0) is 19.1 Å². The van der Waals surface area contributed by atoms with Crippen LogP contribution in [0.1, 0.15) is 72.9 Å². The summed E-state index contributed by atoms with van der Waals surface area (Å²) >= 11 is 0. The Hall–Kier alpha value is -4.61. The van der Waals surface area contributed by atoms with E-state index in [1.165, 1.54) is 26.8 Å². The van der Waals surface area contributed by atoms with Crippen molar-refractivity contribution < 1.29 is 47.3 Å². The smallest absolute Gasteiger partial charge is 0.408 e. The molecule has 0 aliphatic rings. The van der Waals surface area contributed by atoms with Crippen LogP contribution in [0, 0.1) is 0 Å². The van der Waals surface area contributed by atoms with E-state index in [1.807, 2.05) is 0 Å². The van der Waals surface area contributed by atoms with E-state index in [0.717, 1.165) is 0 Å². The molecular formula is C30H36N2O10. The van der Waals surface area contributed by atoms with Crippen LogP contribution in [0.25, 0.3) is 21.7 Å². The predicted octanol–water partition coefficient (Wildman–Crippen LogP) is 5.43. The quantitative estimate of drug-likeness (QED) is 0.208. The lowest BCUT2D eigenvalue weighted by Crippen LogP contribution is -2.43. The van der Waals surface area contributed by atoms with Crippen LogP contribution in [0.4, 0.5) is 9.59 Å². The fourth-order valence-electron chi connectivity index (χ4n) is 3.72. The Morgan fingerprint density at radius 2 is 1.14 bits per heavy atom. The monoisotopic (exact) mass is 584 g/mol. The Morgan fingerprint density at radius 1 is 0.714 bits per heavy atom. The van der Waals surface area contributed by atoms with E-state index in [9.17, 15) is 24.0 Å². The molecule has 0 unspecified atom stereocenters. The van der Waals surface area contributed by atoms with Crippen LogP contribution in [0.3, 0.4) is 0 Å². The van der Waals surface area contributed by atoms with Crippen molar-refractivity contribution in [2.24, 2.45) is 0 Å². The minimum atomic E-state index is -1.12. The molecule has 0 spiro atoms. The lowest BCUT2D eigenvalue weighted by atomic mass is 10.0. The van der Waals surface area contributed by atoms with Gasteiger partial charge >= 0.3 is 24.1 Å². The van der Waals surface area contributed by atoms with Crippen LogP contribution in [0.15, 0.2) is 34.7 Å². The van der Waals surface area contributed by atoms with Crippen molar-refractivity contribution in [2.45, 2.75) is 85.6 Å². The number of carbonyl (C=O) groups is 5. The van der Waals surface area contributed by atoms with Gasteiger partial charge in [-0.05, 0) is 61.5 Å². The highest BCUT2D eigenvalue weighted by Crippen LogP contribution is 2.44. The van der Waals surface area contributed by atoms with Gasteiger partial charge in [0.2, 0.25) is 0 Å². The van der Waals surface area contributed by atoms with Gasteiger partial charge in [-0.3, -0.25) is 4.79 Å². The molecule has 1 aromatic heterocycles. The minimum Gasteiger partial charge on any atom is -0.449 e. The molecule has 0 saturated heterocycles. The Balaban J connectivity index is 2.01. The Morgan fingerprint density at radius 3 is 1.57 bits per heavy atom. The number of ether oxygens (including phenoxy) is 4. The number of carbonyl (C=O) groups excluding carboxylic acids is 5. The highest BCUT2D eigenvalue weighted by molar-refractivity contribution is 6.13. The third-order valence-electron chi connectivity index (χ3n) is 5.53. The summed E-state index contributed by atoms with van der Waals surface area (Å²) < 4.78 is 27.6. The minimum absolute atomic E-state index is 0.0272. The molecule has 42 heavy (non-hydrogen) atoms. The summed E-state index contributed by atoms with van der Waals surface area (Å²) in [6.07, 6.45) is -1.62. The zero-order valence-electron chi connectivity index (χ0n) is 25.1. The van der Waals surface area contributed by atoms with E-state index in [0.29, 0.717) is 10.8 Å². The summed E-state index contributed by atoms with van der Waals surface area (Å²) in [5.41, 5.74) is -1.59. The van der Waals surface area contributed by atoms with E-state index in [4.69, 9.17) is 23.4 Å². The van der Waals surface area contributed by atoms with Gasteiger partial charge in [-0.25, -0.2) is 19.2 Å². The van der Waals surface area contributed by atoms with Crippen molar-refractivity contribution >= 4 is 51.7 Å². The number of amides is 2. The van der Waals surface area contributed by atoms with Crippen molar-refractivity contribution in [3.8, 4) is 11.5 Å². The Kier molecular flexibility index (Phi) is 9.19. The standard InChI is InChI=1S/C30H36N2O10/c1-15(31-27(36)41-29(4,5)6)25(34)39-22-18-12-10-11-13-19(18)23(24-20(22)14-21(38-24)17(3)33)40-26(35)16(2)32-28(37)42-30(7,8)9/h10-16H,1-9H3,(H,31,36)(H,32,37)/t15-,16-/m0/s1. The lowest BCUT2D eigenvalue weighted by molar-refractivity contribution is -0.137. The number of rotatable bonds is 7. The van der Waals surface area contributed by atoms with Crippen LogP contribution >= 0.6 is 0 Å². The number of alkyl carbamates (subject to hydrolysis) is 2. The summed E-state index contributed by atoms with van der Waals surface area (Å²) in [7, 11) is 0. The molecule has 0 aliphatic carbocycles. The van der Waals surface area contributed by atoms with Crippen molar-refractivity contribution in [1.82, 2.24) is 10.6 Å². The lowest BCUT2D eigenvalue weighted by Gasteiger charge is -2.22. The second kappa shape index (κ2) is 12.1. The zero-order chi connectivity index (χ0) is 31.6. The number of nitrogens with one attached hydrogen (secondary N) is 2. The Bertz CT molecular complexity index is 1430. The van der Waals surface area contributed by atoms with Crippen LogP contribution in [0.5, 0.6) is 11.5 Å². The number of benzene rings is 2. The van der Waals surface area contributed by atoms with Crippen molar-refractivity contribution in [3.05, 3.63) is 36.1 Å². The van der Waals surface area contributed by atoms with E-state index in [2.05, 4.69) is 10.6 Å². The Labute approximate surface area is 243 Å². The van der Waals surface area contributed by atoms with Gasteiger partial charge in [0.05, 0.1) is 5.39 Å². The van der Waals surface area contributed by atoms with Gasteiger partial charge < -0.3 is 34.0 Å². The first kappa shape index (κ1) is 31.9. The molecule has 226 valence electrons. The number of furan rings is 1. The molecule has 12 nitrogen and oxygen atoms in total. The maximum Gasteiger partial charge on any atom is 0.408 e. The summed E-state index contributed by atoms with van der Waals surface area (Å²) in [5, 5.41) is 5.70. The number of hydrogen-bond acceptors (Lipinski definition) is 10. The third-order valence-corrected chi connectivity index (χ3v) is 5.53. The first-order valence-electron chi connectivity index (χ1n) is 13.3. The number of fused-ring (bicyclic) bond motifs is 2. The van der Waals surface area contributed by atoms with Gasteiger partial charge in [0.1, 0.15) is 29.0 Å². The molecule has 12 heteroatoms.